The van der Waals surface area contributed by atoms with Gasteiger partial charge in [0, 0.05) is 31.1 Å². The second kappa shape index (κ2) is 10.8. The zero-order valence-corrected chi connectivity index (χ0v) is 21.0. The van der Waals surface area contributed by atoms with E-state index in [9.17, 15) is 9.18 Å². The van der Waals surface area contributed by atoms with Crippen LogP contribution < -0.4 is 15.4 Å². The largest absolute Gasteiger partial charge is 0.495 e. The molecule has 4 aromatic rings. The highest BCUT2D eigenvalue weighted by molar-refractivity contribution is 7.80. The van der Waals surface area contributed by atoms with Gasteiger partial charge >= 0.3 is 0 Å². The zero-order valence-electron chi connectivity index (χ0n) is 20.2. The molecule has 5 rings (SSSR count). The predicted molar refractivity (Wildman–Crippen MR) is 144 cm³/mol. The van der Waals surface area contributed by atoms with Crippen LogP contribution in [0.25, 0.3) is 5.69 Å². The van der Waals surface area contributed by atoms with E-state index in [1.807, 2.05) is 58.1 Å². The Balaban J connectivity index is 1.45. The summed E-state index contributed by atoms with van der Waals surface area (Å²) in [7, 11) is 1.56. The minimum atomic E-state index is -0.328. The Morgan fingerprint density at radius 3 is 2.65 bits per heavy atom. The highest BCUT2D eigenvalue weighted by Gasteiger charge is 2.41. The molecular weight excluding hydrogens is 489 g/mol. The van der Waals surface area contributed by atoms with Crippen LogP contribution >= 0.6 is 12.2 Å². The first-order valence-corrected chi connectivity index (χ1v) is 12.3. The molecule has 2 aromatic heterocycles. The summed E-state index contributed by atoms with van der Waals surface area (Å²) in [6.07, 6.45) is 3.75. The van der Waals surface area contributed by atoms with E-state index in [0.29, 0.717) is 28.8 Å². The smallest absolute Gasteiger partial charge is 0.226 e. The Kier molecular flexibility index (Phi) is 7.14. The van der Waals surface area contributed by atoms with Gasteiger partial charge in [-0.05, 0) is 60.7 Å². The van der Waals surface area contributed by atoms with E-state index in [1.165, 1.54) is 6.07 Å². The fourth-order valence-electron chi connectivity index (χ4n) is 4.65. The quantitative estimate of drug-likeness (QED) is 0.321. The van der Waals surface area contributed by atoms with Crippen molar-refractivity contribution in [3.05, 3.63) is 108 Å². The molecule has 7 nitrogen and oxygen atoms in total. The van der Waals surface area contributed by atoms with Gasteiger partial charge in [0.1, 0.15) is 11.6 Å². The second-order valence-electron chi connectivity index (χ2n) is 8.57. The number of carbonyl (C=O) groups excluding carboxylic acids is 1. The van der Waals surface area contributed by atoms with E-state index in [1.54, 1.807) is 43.6 Å². The molecule has 1 aliphatic heterocycles. The fourth-order valence-corrected chi connectivity index (χ4v) is 4.98. The third-order valence-corrected chi connectivity index (χ3v) is 6.71. The normalized spacial score (nSPS) is 16.9. The van der Waals surface area contributed by atoms with E-state index in [-0.39, 0.29) is 30.2 Å². The Morgan fingerprint density at radius 2 is 1.86 bits per heavy atom. The van der Waals surface area contributed by atoms with Crippen molar-refractivity contribution in [2.45, 2.75) is 18.5 Å². The summed E-state index contributed by atoms with van der Waals surface area (Å²) in [5, 5.41) is 6.80. The van der Waals surface area contributed by atoms with E-state index >= 15 is 0 Å². The van der Waals surface area contributed by atoms with Gasteiger partial charge in [-0.25, -0.2) is 4.39 Å². The number of thiocarbonyl (C=S) groups is 1. The maximum absolute atomic E-state index is 14.8. The van der Waals surface area contributed by atoms with Gasteiger partial charge in [-0.15, -0.1) is 0 Å². The summed E-state index contributed by atoms with van der Waals surface area (Å²) in [6, 6.07) is 22.8. The van der Waals surface area contributed by atoms with Crippen molar-refractivity contribution in [1.82, 2.24) is 19.8 Å². The molecule has 1 saturated heterocycles. The minimum Gasteiger partial charge on any atom is -0.495 e. The molecule has 37 heavy (non-hydrogen) atoms. The molecule has 3 heterocycles. The van der Waals surface area contributed by atoms with Crippen LogP contribution in [0.1, 0.15) is 29.9 Å². The lowest BCUT2D eigenvalue weighted by molar-refractivity contribution is -0.116. The van der Waals surface area contributed by atoms with Crippen molar-refractivity contribution in [3.8, 4) is 11.4 Å². The molecule has 2 aromatic carbocycles. The summed E-state index contributed by atoms with van der Waals surface area (Å²) in [6.45, 7) is 0.350. The molecule has 1 fully saturated rings. The van der Waals surface area contributed by atoms with Crippen molar-refractivity contribution in [1.29, 1.82) is 0 Å². The van der Waals surface area contributed by atoms with Crippen molar-refractivity contribution in [2.75, 3.05) is 19.0 Å². The number of carbonyl (C=O) groups is 1. The van der Waals surface area contributed by atoms with Crippen LogP contribution in [-0.2, 0) is 4.79 Å². The van der Waals surface area contributed by atoms with Crippen molar-refractivity contribution >= 4 is 28.9 Å². The van der Waals surface area contributed by atoms with Crippen LogP contribution in [0, 0.1) is 5.82 Å². The maximum atomic E-state index is 14.8. The van der Waals surface area contributed by atoms with Crippen LogP contribution in [-0.4, -0.2) is 39.1 Å². The van der Waals surface area contributed by atoms with Gasteiger partial charge < -0.3 is 24.8 Å². The number of amides is 1. The molecule has 0 spiro atoms. The standard InChI is InChI=1S/C28H26FN5O2S/c1-36-24-14-5-3-10-20(24)31-25(35)15-18-34-27(26(32-28(34)37)21-11-6-7-16-30-21)23-13-8-17-33(23)22-12-4-2-9-19(22)29/h2-14,16-17,26-27H,15,18H2,1H3,(H,31,35)(H,32,37)/t26-,27+/m0/s1. The van der Waals surface area contributed by atoms with Crippen LogP contribution in [0.4, 0.5) is 10.1 Å². The van der Waals surface area contributed by atoms with Gasteiger partial charge in [0.2, 0.25) is 5.91 Å². The number of nitrogens with zero attached hydrogens (tertiary/aromatic N) is 3. The summed E-state index contributed by atoms with van der Waals surface area (Å²) >= 11 is 5.73. The third kappa shape index (κ3) is 5.03. The highest BCUT2D eigenvalue weighted by atomic mass is 32.1. The number of pyridine rings is 1. The number of methoxy groups -OCH3 is 1. The maximum Gasteiger partial charge on any atom is 0.226 e. The number of hydrogen-bond acceptors (Lipinski definition) is 4. The predicted octanol–water partition coefficient (Wildman–Crippen LogP) is 5.02. The van der Waals surface area contributed by atoms with Crippen LogP contribution in [0.5, 0.6) is 5.75 Å². The number of halogens is 1. The Hall–Kier alpha value is -4.24. The molecule has 2 N–H and O–H groups in total. The first-order valence-electron chi connectivity index (χ1n) is 11.9. The number of anilines is 1. The first kappa shape index (κ1) is 24.5. The van der Waals surface area contributed by atoms with Gasteiger partial charge in [0.15, 0.2) is 5.11 Å². The summed E-state index contributed by atoms with van der Waals surface area (Å²) < 4.78 is 22.0. The van der Waals surface area contributed by atoms with Crippen molar-refractivity contribution in [2.24, 2.45) is 0 Å². The Bertz CT molecular complexity index is 1410. The third-order valence-electron chi connectivity index (χ3n) is 6.35. The average Bonchev–Trinajstić information content (AvgIpc) is 3.52. The number of benzene rings is 2. The zero-order chi connectivity index (χ0) is 25.8. The first-order chi connectivity index (χ1) is 18.1. The number of hydrogen-bond donors (Lipinski definition) is 2. The average molecular weight is 516 g/mol. The minimum absolute atomic E-state index is 0.170. The van der Waals surface area contributed by atoms with Crippen LogP contribution in [0.2, 0.25) is 0 Å². The highest BCUT2D eigenvalue weighted by Crippen LogP contribution is 2.39. The summed E-state index contributed by atoms with van der Waals surface area (Å²) in [4.78, 5) is 19.4. The number of nitrogens with one attached hydrogen (secondary N) is 2. The lowest BCUT2D eigenvalue weighted by Crippen LogP contribution is -2.33. The fraction of sp³-hybridized carbons (Fsp3) is 0.179. The molecule has 0 aliphatic carbocycles. The molecule has 0 unspecified atom stereocenters. The monoisotopic (exact) mass is 515 g/mol. The van der Waals surface area contributed by atoms with Crippen molar-refractivity contribution in [3.63, 3.8) is 0 Å². The van der Waals surface area contributed by atoms with Gasteiger partial charge in [-0.2, -0.15) is 0 Å². The Labute approximate surface area is 219 Å². The van der Waals surface area contributed by atoms with E-state index in [2.05, 4.69) is 15.6 Å². The van der Waals surface area contributed by atoms with E-state index < -0.39 is 0 Å². The molecular formula is C28H26FN5O2S. The van der Waals surface area contributed by atoms with E-state index in [0.717, 1.165) is 11.4 Å². The van der Waals surface area contributed by atoms with E-state index in [4.69, 9.17) is 17.0 Å². The Morgan fingerprint density at radius 1 is 1.08 bits per heavy atom. The van der Waals surface area contributed by atoms with Gasteiger partial charge in [-0.3, -0.25) is 9.78 Å². The topological polar surface area (TPSA) is 71.4 Å². The molecule has 188 valence electrons. The number of para-hydroxylation sites is 3. The SMILES string of the molecule is COc1ccccc1NC(=O)CCN1C(=S)N[C@@H](c2ccccn2)[C@H]1c1cccn1-c1ccccc1F. The molecule has 0 radical (unpaired) electrons. The van der Waals surface area contributed by atoms with Gasteiger partial charge in [0.05, 0.1) is 36.3 Å². The molecule has 1 amide bonds. The number of ether oxygens (including phenoxy) is 1. The number of rotatable bonds is 8. The molecule has 0 saturated carbocycles. The number of aromatic nitrogens is 2. The lowest BCUT2D eigenvalue weighted by Gasteiger charge is -2.29. The van der Waals surface area contributed by atoms with Crippen LogP contribution in [0.3, 0.4) is 0 Å². The summed E-state index contributed by atoms with van der Waals surface area (Å²) in [5.74, 6) is 0.0902. The molecule has 2 atom stereocenters. The van der Waals surface area contributed by atoms with Gasteiger partial charge in [-0.1, -0.05) is 30.3 Å². The molecule has 0 bridgehead atoms. The lowest BCUT2D eigenvalue weighted by atomic mass is 10.0. The van der Waals surface area contributed by atoms with Crippen molar-refractivity contribution < 1.29 is 13.9 Å². The molecule has 9 heteroatoms. The van der Waals surface area contributed by atoms with Crippen LogP contribution in [0.15, 0.2) is 91.3 Å². The molecule has 1 aliphatic rings. The second-order valence-corrected chi connectivity index (χ2v) is 8.96. The van der Waals surface area contributed by atoms with Gasteiger partial charge in [0.25, 0.3) is 0 Å². The summed E-state index contributed by atoms with van der Waals surface area (Å²) in [5.41, 5.74) is 2.68.